The second-order valence-electron chi connectivity index (χ2n) is 6.10. The van der Waals surface area contributed by atoms with Gasteiger partial charge in [0.2, 0.25) is 5.91 Å². The molecular formula is C17H22N2O2. The Kier molecular flexibility index (Phi) is 3.62. The predicted molar refractivity (Wildman–Crippen MR) is 83.6 cm³/mol. The molecule has 4 heteroatoms. The van der Waals surface area contributed by atoms with Crippen molar-refractivity contribution >= 4 is 16.8 Å². The molecule has 1 amide bonds. The van der Waals surface area contributed by atoms with E-state index < -0.39 is 0 Å². The van der Waals surface area contributed by atoms with Gasteiger partial charge in [0, 0.05) is 28.6 Å². The number of amides is 1. The Morgan fingerprint density at radius 1 is 1.43 bits per heavy atom. The fourth-order valence-electron chi connectivity index (χ4n) is 3.01. The van der Waals surface area contributed by atoms with E-state index >= 15 is 0 Å². The summed E-state index contributed by atoms with van der Waals surface area (Å²) in [6.07, 6.45) is 2.87. The highest BCUT2D eigenvalue weighted by atomic mass is 16.5. The summed E-state index contributed by atoms with van der Waals surface area (Å²) in [6.45, 7) is 3.86. The van der Waals surface area contributed by atoms with E-state index in [1.165, 1.54) is 16.6 Å². The van der Waals surface area contributed by atoms with E-state index in [0.29, 0.717) is 0 Å². The molecule has 0 unspecified atom stereocenters. The Morgan fingerprint density at radius 3 is 2.95 bits per heavy atom. The minimum absolute atomic E-state index is 0.0365. The van der Waals surface area contributed by atoms with Crippen LogP contribution in [0.15, 0.2) is 18.2 Å². The minimum Gasteiger partial charge on any atom is -0.497 e. The quantitative estimate of drug-likeness (QED) is 0.911. The number of carbonyl (C=O) groups is 1. The van der Waals surface area contributed by atoms with E-state index in [1.807, 2.05) is 19.9 Å². The average Bonchev–Trinajstić information content (AvgIpc) is 2.84. The molecule has 0 spiro atoms. The van der Waals surface area contributed by atoms with Crippen LogP contribution in [-0.2, 0) is 17.6 Å². The molecule has 3 rings (SSSR count). The molecule has 21 heavy (non-hydrogen) atoms. The largest absolute Gasteiger partial charge is 0.497 e. The van der Waals surface area contributed by atoms with Crippen LogP contribution in [0.4, 0.5) is 0 Å². The molecule has 0 saturated heterocycles. The molecule has 0 radical (unpaired) electrons. The third-order valence-electron chi connectivity index (χ3n) is 4.27. The minimum atomic E-state index is 0.0365. The van der Waals surface area contributed by atoms with Gasteiger partial charge in [0.05, 0.1) is 7.11 Å². The molecule has 112 valence electrons. The average molecular weight is 286 g/mol. The number of methoxy groups -OCH3 is 1. The van der Waals surface area contributed by atoms with Gasteiger partial charge in [-0.25, -0.2) is 0 Å². The van der Waals surface area contributed by atoms with Gasteiger partial charge in [-0.1, -0.05) is 13.8 Å². The topological polar surface area (TPSA) is 54.1 Å². The lowest BCUT2D eigenvalue weighted by atomic mass is 9.91. The van der Waals surface area contributed by atoms with Crippen molar-refractivity contribution in [1.82, 2.24) is 10.3 Å². The number of hydrogen-bond donors (Lipinski definition) is 2. The van der Waals surface area contributed by atoms with Crippen LogP contribution in [-0.4, -0.2) is 24.0 Å². The first kappa shape index (κ1) is 14.0. The number of H-pyrrole nitrogens is 1. The van der Waals surface area contributed by atoms with Gasteiger partial charge in [0.1, 0.15) is 5.75 Å². The van der Waals surface area contributed by atoms with Gasteiger partial charge in [0.25, 0.3) is 0 Å². The van der Waals surface area contributed by atoms with Crippen molar-refractivity contribution < 1.29 is 9.53 Å². The van der Waals surface area contributed by atoms with E-state index in [2.05, 4.69) is 22.4 Å². The summed E-state index contributed by atoms with van der Waals surface area (Å²) in [5.74, 6) is 1.05. The first-order valence-electron chi connectivity index (χ1n) is 7.56. The molecule has 1 heterocycles. The number of ether oxygens (including phenoxy) is 1. The number of aromatic nitrogens is 1. The van der Waals surface area contributed by atoms with E-state index in [0.717, 1.165) is 30.5 Å². The first-order chi connectivity index (χ1) is 10.1. The Bertz CT molecular complexity index is 673. The molecular weight excluding hydrogens is 264 g/mol. The number of rotatable bonds is 3. The summed E-state index contributed by atoms with van der Waals surface area (Å²) in [5, 5.41) is 4.37. The Balaban J connectivity index is 1.88. The normalized spacial score (nSPS) is 17.8. The number of carbonyl (C=O) groups excluding carboxylic acids is 1. The highest BCUT2D eigenvalue weighted by molar-refractivity contribution is 5.86. The van der Waals surface area contributed by atoms with Crippen LogP contribution < -0.4 is 10.1 Å². The molecule has 1 aromatic heterocycles. The second-order valence-corrected chi connectivity index (χ2v) is 6.10. The third kappa shape index (κ3) is 2.62. The smallest absolute Gasteiger partial charge is 0.222 e. The van der Waals surface area contributed by atoms with Gasteiger partial charge in [-0.2, -0.15) is 0 Å². The molecule has 0 saturated carbocycles. The van der Waals surface area contributed by atoms with E-state index in [1.54, 1.807) is 7.11 Å². The summed E-state index contributed by atoms with van der Waals surface area (Å²) < 4.78 is 5.32. The number of aryl methyl sites for hydroxylation is 1. The van der Waals surface area contributed by atoms with Gasteiger partial charge in [-0.15, -0.1) is 0 Å². The molecule has 1 aliphatic carbocycles. The maximum absolute atomic E-state index is 11.9. The molecule has 1 aromatic carbocycles. The monoisotopic (exact) mass is 286 g/mol. The molecule has 2 N–H and O–H groups in total. The van der Waals surface area contributed by atoms with Gasteiger partial charge in [-0.05, 0) is 43.0 Å². The van der Waals surface area contributed by atoms with Crippen LogP contribution in [0.1, 0.15) is 31.5 Å². The summed E-state index contributed by atoms with van der Waals surface area (Å²) >= 11 is 0. The summed E-state index contributed by atoms with van der Waals surface area (Å²) in [7, 11) is 1.69. The number of benzene rings is 1. The second kappa shape index (κ2) is 5.43. The highest BCUT2D eigenvalue weighted by Gasteiger charge is 2.24. The van der Waals surface area contributed by atoms with Crippen molar-refractivity contribution in [1.29, 1.82) is 0 Å². The highest BCUT2D eigenvalue weighted by Crippen LogP contribution is 2.31. The van der Waals surface area contributed by atoms with Crippen LogP contribution in [0.5, 0.6) is 5.75 Å². The molecule has 2 aromatic rings. The number of fused-ring (bicyclic) bond motifs is 3. The van der Waals surface area contributed by atoms with Gasteiger partial charge in [0.15, 0.2) is 0 Å². The maximum atomic E-state index is 11.9. The van der Waals surface area contributed by atoms with Crippen LogP contribution in [0.2, 0.25) is 0 Å². The van der Waals surface area contributed by atoms with Crippen molar-refractivity contribution in [2.75, 3.05) is 7.11 Å². The molecule has 0 aliphatic heterocycles. The number of hydrogen-bond acceptors (Lipinski definition) is 2. The maximum Gasteiger partial charge on any atom is 0.222 e. The molecule has 1 aliphatic rings. The standard InChI is InChI=1S/C17H22N2O2/c1-10(2)17(20)18-11-4-6-15-13(8-11)14-9-12(21-3)5-7-16(14)19-15/h5,7,9-11,19H,4,6,8H2,1-3H3,(H,18,20)/t11-/m1/s1. The zero-order valence-corrected chi connectivity index (χ0v) is 12.8. The van der Waals surface area contributed by atoms with E-state index in [9.17, 15) is 4.79 Å². The van der Waals surface area contributed by atoms with Crippen molar-refractivity contribution in [3.63, 3.8) is 0 Å². The predicted octanol–water partition coefficient (Wildman–Crippen LogP) is 2.81. The molecule has 4 nitrogen and oxygen atoms in total. The Labute approximate surface area is 124 Å². The van der Waals surface area contributed by atoms with Gasteiger partial charge >= 0.3 is 0 Å². The zero-order chi connectivity index (χ0) is 15.0. The van der Waals surface area contributed by atoms with Crippen LogP contribution in [0.25, 0.3) is 10.9 Å². The first-order valence-corrected chi connectivity index (χ1v) is 7.56. The van der Waals surface area contributed by atoms with Crippen molar-refractivity contribution in [2.24, 2.45) is 5.92 Å². The molecule has 0 bridgehead atoms. The summed E-state index contributed by atoms with van der Waals surface area (Å²) in [6, 6.07) is 6.35. The van der Waals surface area contributed by atoms with E-state index in [-0.39, 0.29) is 17.9 Å². The summed E-state index contributed by atoms with van der Waals surface area (Å²) in [4.78, 5) is 15.4. The van der Waals surface area contributed by atoms with Gasteiger partial charge in [-0.3, -0.25) is 4.79 Å². The third-order valence-corrected chi connectivity index (χ3v) is 4.27. The van der Waals surface area contributed by atoms with Crippen LogP contribution in [0.3, 0.4) is 0 Å². The summed E-state index contributed by atoms with van der Waals surface area (Å²) in [5.41, 5.74) is 3.77. The van der Waals surface area contributed by atoms with Crippen LogP contribution in [0, 0.1) is 5.92 Å². The lowest BCUT2D eigenvalue weighted by molar-refractivity contribution is -0.124. The van der Waals surface area contributed by atoms with E-state index in [4.69, 9.17) is 4.74 Å². The fourth-order valence-corrected chi connectivity index (χ4v) is 3.01. The Morgan fingerprint density at radius 2 is 2.24 bits per heavy atom. The number of nitrogens with one attached hydrogen (secondary N) is 2. The van der Waals surface area contributed by atoms with Gasteiger partial charge < -0.3 is 15.0 Å². The lowest BCUT2D eigenvalue weighted by Gasteiger charge is -2.24. The fraction of sp³-hybridized carbons (Fsp3) is 0.471. The van der Waals surface area contributed by atoms with Crippen molar-refractivity contribution in [3.05, 3.63) is 29.5 Å². The van der Waals surface area contributed by atoms with Crippen LogP contribution >= 0.6 is 0 Å². The van der Waals surface area contributed by atoms with Crippen molar-refractivity contribution in [3.8, 4) is 5.75 Å². The number of aromatic amines is 1. The zero-order valence-electron chi connectivity index (χ0n) is 12.8. The molecule has 1 atom stereocenters. The Hall–Kier alpha value is -1.97. The SMILES string of the molecule is COc1ccc2[nH]c3c(c2c1)C[C@H](NC(=O)C(C)C)CC3. The molecule has 0 fully saturated rings. The lowest BCUT2D eigenvalue weighted by Crippen LogP contribution is -2.40. The van der Waals surface area contributed by atoms with Crippen molar-refractivity contribution in [2.45, 2.75) is 39.2 Å².